The van der Waals surface area contributed by atoms with E-state index in [1.807, 2.05) is 0 Å². The molecule has 0 aromatic rings. The average Bonchev–Trinajstić information content (AvgIpc) is 3.27. The first-order chi connectivity index (χ1) is 44.0. The van der Waals surface area contributed by atoms with Gasteiger partial charge in [0.15, 0.2) is 12.2 Å². The molecule has 0 aromatic carbocycles. The van der Waals surface area contributed by atoms with Crippen LogP contribution in [0.3, 0.4) is 0 Å². The minimum absolute atomic E-state index is 0.104. The van der Waals surface area contributed by atoms with Crippen LogP contribution in [-0.2, 0) is 65.4 Å². The Balaban J connectivity index is 5.15. The Labute approximate surface area is 556 Å². The number of rotatable bonds is 72. The van der Waals surface area contributed by atoms with E-state index in [1.165, 1.54) is 199 Å². The van der Waals surface area contributed by atoms with E-state index in [-0.39, 0.29) is 25.7 Å². The Morgan fingerprint density at radius 2 is 0.505 bits per heavy atom. The zero-order chi connectivity index (χ0) is 67.0. The fourth-order valence-corrected chi connectivity index (χ4v) is 12.6. The number of ether oxygens (including phenoxy) is 4. The van der Waals surface area contributed by atoms with E-state index in [2.05, 4.69) is 34.6 Å². The highest BCUT2D eigenvalue weighted by molar-refractivity contribution is 7.47. The summed E-state index contributed by atoms with van der Waals surface area (Å²) < 4.78 is 68.2. The molecule has 0 aliphatic carbocycles. The Hall–Kier alpha value is -1.94. The van der Waals surface area contributed by atoms with Gasteiger partial charge >= 0.3 is 39.5 Å². The molecule has 0 fully saturated rings. The van der Waals surface area contributed by atoms with Crippen LogP contribution in [0.5, 0.6) is 0 Å². The number of aliphatic hydroxyl groups is 1. The summed E-state index contributed by atoms with van der Waals surface area (Å²) in [6.45, 7) is 7.17. The van der Waals surface area contributed by atoms with Crippen molar-refractivity contribution in [2.45, 2.75) is 393 Å². The fraction of sp³-hybridized carbons (Fsp3) is 0.944. The van der Waals surface area contributed by atoms with Gasteiger partial charge in [0.25, 0.3) is 0 Å². The van der Waals surface area contributed by atoms with E-state index in [9.17, 15) is 43.2 Å². The van der Waals surface area contributed by atoms with Gasteiger partial charge in [-0.1, -0.05) is 324 Å². The van der Waals surface area contributed by atoms with Gasteiger partial charge in [-0.15, -0.1) is 0 Å². The lowest BCUT2D eigenvalue weighted by Crippen LogP contribution is -2.30. The number of unbranched alkanes of at least 4 members (excludes halogenated alkanes) is 44. The van der Waals surface area contributed by atoms with Crippen LogP contribution < -0.4 is 0 Å². The third-order valence-electron chi connectivity index (χ3n) is 16.8. The average molecular weight is 1340 g/mol. The normalized spacial score (nSPS) is 14.0. The molecule has 19 heteroatoms. The summed E-state index contributed by atoms with van der Waals surface area (Å²) in [7, 11) is -9.90. The van der Waals surface area contributed by atoms with Gasteiger partial charge in [0.2, 0.25) is 0 Å². The van der Waals surface area contributed by atoms with Gasteiger partial charge in [-0.2, -0.15) is 0 Å². The maximum absolute atomic E-state index is 13.0. The predicted octanol–water partition coefficient (Wildman–Crippen LogP) is 20.9. The number of aliphatic hydroxyl groups excluding tert-OH is 1. The largest absolute Gasteiger partial charge is 0.472 e. The molecule has 0 aliphatic rings. The second-order valence-electron chi connectivity index (χ2n) is 26.5. The van der Waals surface area contributed by atoms with Crippen LogP contribution in [-0.4, -0.2) is 96.7 Å². The molecule has 17 nitrogen and oxygen atoms in total. The van der Waals surface area contributed by atoms with E-state index < -0.39 is 97.5 Å². The molecule has 5 atom stereocenters. The highest BCUT2D eigenvalue weighted by Crippen LogP contribution is 2.45. The molecule has 0 radical (unpaired) electrons. The number of esters is 4. The summed E-state index contributed by atoms with van der Waals surface area (Å²) in [5.74, 6) is -1.43. The molecule has 540 valence electrons. The number of phosphoric acid groups is 2. The lowest BCUT2D eigenvalue weighted by Gasteiger charge is -2.21. The number of hydrogen-bond donors (Lipinski definition) is 3. The van der Waals surface area contributed by atoms with Crippen molar-refractivity contribution in [2.75, 3.05) is 39.6 Å². The Morgan fingerprint density at radius 1 is 0.297 bits per heavy atom. The summed E-state index contributed by atoms with van der Waals surface area (Å²) >= 11 is 0. The Morgan fingerprint density at radius 3 is 0.747 bits per heavy atom. The van der Waals surface area contributed by atoms with Gasteiger partial charge < -0.3 is 33.8 Å². The second kappa shape index (κ2) is 65.4. The van der Waals surface area contributed by atoms with E-state index in [0.717, 1.165) is 89.9 Å². The maximum Gasteiger partial charge on any atom is 0.472 e. The molecule has 0 aliphatic heterocycles. The third kappa shape index (κ3) is 66.5. The zero-order valence-corrected chi connectivity index (χ0v) is 60.8. The molecule has 0 spiro atoms. The van der Waals surface area contributed by atoms with Crippen molar-refractivity contribution >= 4 is 39.5 Å². The summed E-state index contributed by atoms with van der Waals surface area (Å²) in [6.07, 6.45) is 53.0. The topological polar surface area (TPSA) is 237 Å². The molecule has 0 amide bonds. The maximum atomic E-state index is 13.0. The molecule has 0 bridgehead atoms. The van der Waals surface area contributed by atoms with Gasteiger partial charge in [0.05, 0.1) is 26.4 Å². The number of carbonyl (C=O) groups is 4. The van der Waals surface area contributed by atoms with Crippen molar-refractivity contribution < 1.29 is 80.2 Å². The number of hydrogen-bond acceptors (Lipinski definition) is 15. The summed E-state index contributed by atoms with van der Waals surface area (Å²) in [6, 6.07) is 0. The highest BCUT2D eigenvalue weighted by Gasteiger charge is 2.30. The van der Waals surface area contributed by atoms with E-state index >= 15 is 0 Å². The van der Waals surface area contributed by atoms with Crippen LogP contribution in [0.4, 0.5) is 0 Å². The summed E-state index contributed by atoms with van der Waals surface area (Å²) in [5, 5.41) is 10.6. The minimum Gasteiger partial charge on any atom is -0.462 e. The summed E-state index contributed by atoms with van der Waals surface area (Å²) in [5.41, 5.74) is 0. The predicted molar refractivity (Wildman–Crippen MR) is 368 cm³/mol. The van der Waals surface area contributed by atoms with Gasteiger partial charge in [-0.05, 0) is 31.6 Å². The zero-order valence-electron chi connectivity index (χ0n) is 59.0. The Kier molecular flexibility index (Phi) is 64.0. The molecule has 0 rings (SSSR count). The van der Waals surface area contributed by atoms with E-state index in [0.29, 0.717) is 31.6 Å². The summed E-state index contributed by atoms with van der Waals surface area (Å²) in [4.78, 5) is 72.5. The number of phosphoric ester groups is 2. The smallest absolute Gasteiger partial charge is 0.462 e. The fourth-order valence-electron chi connectivity index (χ4n) is 11.0. The van der Waals surface area contributed by atoms with Gasteiger partial charge in [0, 0.05) is 25.7 Å². The third-order valence-corrected chi connectivity index (χ3v) is 18.7. The van der Waals surface area contributed by atoms with Crippen LogP contribution in [0.2, 0.25) is 0 Å². The molecule has 3 N–H and O–H groups in total. The lowest BCUT2D eigenvalue weighted by molar-refractivity contribution is -0.161. The molecule has 0 aromatic heterocycles. The van der Waals surface area contributed by atoms with Crippen molar-refractivity contribution in [1.29, 1.82) is 0 Å². The number of carbonyl (C=O) groups excluding carboxylic acids is 4. The van der Waals surface area contributed by atoms with Crippen molar-refractivity contribution in [3.05, 3.63) is 0 Å². The van der Waals surface area contributed by atoms with Crippen LogP contribution in [0.1, 0.15) is 375 Å². The van der Waals surface area contributed by atoms with Gasteiger partial charge in [0.1, 0.15) is 19.3 Å². The lowest BCUT2D eigenvalue weighted by atomic mass is 10.0. The van der Waals surface area contributed by atoms with E-state index in [1.54, 1.807) is 0 Å². The minimum atomic E-state index is -4.95. The SMILES string of the molecule is CCCCCCCCCCCCCCCCCCCCCCCC(=O)O[C@H](COC(=O)CCCCCCCCCCCCC)COP(=O)(O)OC[C@@H](O)COP(=O)(O)OC[C@@H](COC(=O)CCCCCCCCCCC)OC(=O)CCCCCCCCCC(C)C. The van der Waals surface area contributed by atoms with Crippen LogP contribution in [0.15, 0.2) is 0 Å². The van der Waals surface area contributed by atoms with Crippen molar-refractivity contribution in [1.82, 2.24) is 0 Å². The van der Waals surface area contributed by atoms with Crippen molar-refractivity contribution in [3.8, 4) is 0 Å². The highest BCUT2D eigenvalue weighted by atomic mass is 31.2. The van der Waals surface area contributed by atoms with E-state index in [4.69, 9.17) is 37.0 Å². The second-order valence-corrected chi connectivity index (χ2v) is 29.4. The van der Waals surface area contributed by atoms with Crippen LogP contribution >= 0.6 is 15.6 Å². The molecule has 0 heterocycles. The quantitative estimate of drug-likeness (QED) is 0.0222. The van der Waals surface area contributed by atoms with Crippen molar-refractivity contribution in [2.24, 2.45) is 5.92 Å². The first-order valence-electron chi connectivity index (χ1n) is 37.6. The molecule has 2 unspecified atom stereocenters. The molecule has 0 saturated carbocycles. The van der Waals surface area contributed by atoms with Crippen LogP contribution in [0.25, 0.3) is 0 Å². The molecule has 0 saturated heterocycles. The monoisotopic (exact) mass is 1340 g/mol. The van der Waals surface area contributed by atoms with Crippen molar-refractivity contribution in [3.63, 3.8) is 0 Å². The van der Waals surface area contributed by atoms with Gasteiger partial charge in [-0.3, -0.25) is 37.3 Å². The molecular formula is C72H140O17P2. The van der Waals surface area contributed by atoms with Gasteiger partial charge in [-0.25, -0.2) is 9.13 Å². The Bertz CT molecular complexity index is 1750. The standard InChI is InChI=1S/C72H140O17P2/c1-6-9-12-15-18-21-23-24-25-26-27-28-29-30-31-32-34-37-42-47-52-57-71(76)88-67(61-83-70(75)56-51-46-41-36-33-22-19-16-13-10-7-2)63-86-90(78,79)84-59-66(73)60-85-91(80,81)87-64-68(62-82-69(74)55-50-45-40-35-20-17-14-11-8-3)89-72(77)58-53-48-43-38-39-44-49-54-65(4)5/h65-68,73H,6-64H2,1-5H3,(H,78,79)(H,80,81)/t66-,67-,68-/m1/s1. The first kappa shape index (κ1) is 89.1. The molecular weight excluding hydrogens is 1200 g/mol. The van der Waals surface area contributed by atoms with Crippen LogP contribution in [0, 0.1) is 5.92 Å². The first-order valence-corrected chi connectivity index (χ1v) is 40.6. The molecule has 91 heavy (non-hydrogen) atoms.